The van der Waals surface area contributed by atoms with E-state index in [-0.39, 0.29) is 17.1 Å². The van der Waals surface area contributed by atoms with Crippen LogP contribution in [-0.4, -0.2) is 39.0 Å². The summed E-state index contributed by atoms with van der Waals surface area (Å²) in [5.41, 5.74) is 1.51. The van der Waals surface area contributed by atoms with Gasteiger partial charge in [-0.25, -0.2) is 9.78 Å². The van der Waals surface area contributed by atoms with Crippen molar-refractivity contribution >= 4 is 34.8 Å². The summed E-state index contributed by atoms with van der Waals surface area (Å²) in [6.07, 6.45) is 4.62. The van der Waals surface area contributed by atoms with Crippen LogP contribution in [0.2, 0.25) is 5.15 Å². The molecule has 1 aliphatic carbocycles. The van der Waals surface area contributed by atoms with E-state index in [0.717, 1.165) is 25.7 Å². The summed E-state index contributed by atoms with van der Waals surface area (Å²) in [6, 6.07) is -0.690. The molecule has 1 saturated heterocycles. The zero-order valence-corrected chi connectivity index (χ0v) is 12.4. The van der Waals surface area contributed by atoms with Crippen molar-refractivity contribution in [2.45, 2.75) is 44.2 Å². The number of halogens is 1. The first kappa shape index (κ1) is 13.8. The standard InChI is InChI=1S/C13H15ClN2O3S/c14-11-10(20-6-15-11)12(17)16-8-4-2-1-3-7(8)5-9(16)13(18)19/h6-9H,1-5H2,(H,18,19). The van der Waals surface area contributed by atoms with Gasteiger partial charge in [0.2, 0.25) is 0 Å². The Balaban J connectivity index is 1.93. The minimum Gasteiger partial charge on any atom is -0.480 e. The molecule has 1 saturated carbocycles. The molecule has 108 valence electrons. The first-order valence-corrected chi connectivity index (χ1v) is 8.00. The fraction of sp³-hybridized carbons (Fsp3) is 0.615. The minimum atomic E-state index is -0.923. The zero-order valence-electron chi connectivity index (χ0n) is 10.8. The molecular weight excluding hydrogens is 300 g/mol. The molecule has 7 heteroatoms. The molecule has 2 aliphatic rings. The third-order valence-corrected chi connectivity index (χ3v) is 5.54. The van der Waals surface area contributed by atoms with Gasteiger partial charge in [0.05, 0.1) is 5.51 Å². The van der Waals surface area contributed by atoms with Crippen molar-refractivity contribution in [3.05, 3.63) is 15.5 Å². The Kier molecular flexibility index (Phi) is 3.69. The van der Waals surface area contributed by atoms with Gasteiger partial charge in [-0.1, -0.05) is 24.4 Å². The Morgan fingerprint density at radius 2 is 2.15 bits per heavy atom. The Bertz CT molecular complexity index is 547. The van der Waals surface area contributed by atoms with Gasteiger partial charge in [-0.05, 0) is 25.2 Å². The molecule has 0 bridgehead atoms. The summed E-state index contributed by atoms with van der Waals surface area (Å²) in [5.74, 6) is -0.895. The molecule has 1 aliphatic heterocycles. The summed E-state index contributed by atoms with van der Waals surface area (Å²) in [4.78, 5) is 29.9. The molecule has 20 heavy (non-hydrogen) atoms. The van der Waals surface area contributed by atoms with E-state index in [1.54, 1.807) is 4.90 Å². The lowest BCUT2D eigenvalue weighted by Gasteiger charge is -2.32. The number of carboxylic acids is 1. The Morgan fingerprint density at radius 1 is 1.40 bits per heavy atom. The summed E-state index contributed by atoms with van der Waals surface area (Å²) < 4.78 is 0. The molecule has 3 rings (SSSR count). The topological polar surface area (TPSA) is 70.5 Å². The second-order valence-electron chi connectivity index (χ2n) is 5.39. The quantitative estimate of drug-likeness (QED) is 0.911. The fourth-order valence-electron chi connectivity index (χ4n) is 3.46. The van der Waals surface area contributed by atoms with E-state index in [0.29, 0.717) is 17.2 Å². The monoisotopic (exact) mass is 314 g/mol. The number of amides is 1. The summed E-state index contributed by atoms with van der Waals surface area (Å²) in [5, 5.41) is 9.58. The van der Waals surface area contributed by atoms with Crippen LogP contribution in [0.4, 0.5) is 0 Å². The number of carboxylic acid groups (broad SMARTS) is 1. The molecule has 1 N–H and O–H groups in total. The van der Waals surface area contributed by atoms with Crippen molar-refractivity contribution < 1.29 is 14.7 Å². The Hall–Kier alpha value is -1.14. The predicted molar refractivity (Wildman–Crippen MR) is 75.1 cm³/mol. The van der Waals surface area contributed by atoms with Crippen LogP contribution in [0.25, 0.3) is 0 Å². The van der Waals surface area contributed by atoms with Crippen LogP contribution in [0.1, 0.15) is 41.8 Å². The highest BCUT2D eigenvalue weighted by molar-refractivity contribution is 7.12. The highest BCUT2D eigenvalue weighted by atomic mass is 35.5. The molecule has 1 amide bonds. The third kappa shape index (κ3) is 2.20. The van der Waals surface area contributed by atoms with E-state index in [4.69, 9.17) is 11.6 Å². The molecule has 1 aromatic heterocycles. The van der Waals surface area contributed by atoms with Gasteiger partial charge in [0, 0.05) is 6.04 Å². The molecule has 2 heterocycles. The van der Waals surface area contributed by atoms with E-state index in [1.165, 1.54) is 16.8 Å². The van der Waals surface area contributed by atoms with Gasteiger partial charge in [0.25, 0.3) is 5.91 Å². The van der Waals surface area contributed by atoms with Gasteiger partial charge >= 0.3 is 5.97 Å². The average Bonchev–Trinajstić information content (AvgIpc) is 3.01. The molecule has 0 spiro atoms. The number of carbonyl (C=O) groups is 2. The number of nitrogens with zero attached hydrogens (tertiary/aromatic N) is 2. The van der Waals surface area contributed by atoms with Crippen molar-refractivity contribution in [2.24, 2.45) is 5.92 Å². The number of carbonyl (C=O) groups excluding carboxylic acids is 1. The molecule has 0 radical (unpaired) electrons. The smallest absolute Gasteiger partial charge is 0.326 e. The van der Waals surface area contributed by atoms with Gasteiger partial charge in [0.15, 0.2) is 5.15 Å². The van der Waals surface area contributed by atoms with Crippen LogP contribution in [-0.2, 0) is 4.79 Å². The maximum atomic E-state index is 12.6. The second kappa shape index (κ2) is 5.33. The number of hydrogen-bond donors (Lipinski definition) is 1. The van der Waals surface area contributed by atoms with Crippen molar-refractivity contribution in [3.8, 4) is 0 Å². The molecule has 5 nitrogen and oxygen atoms in total. The largest absolute Gasteiger partial charge is 0.480 e. The van der Waals surface area contributed by atoms with E-state index in [9.17, 15) is 14.7 Å². The predicted octanol–water partition coefficient (Wildman–Crippen LogP) is 2.65. The van der Waals surface area contributed by atoms with E-state index in [2.05, 4.69) is 4.98 Å². The van der Waals surface area contributed by atoms with Gasteiger partial charge < -0.3 is 10.0 Å². The SMILES string of the molecule is O=C(O)C1CC2CCCCC2N1C(=O)c1scnc1Cl. The lowest BCUT2D eigenvalue weighted by molar-refractivity contribution is -0.141. The number of rotatable bonds is 2. The third-order valence-electron chi connectivity index (χ3n) is 4.33. The molecule has 2 fully saturated rings. The molecule has 3 unspecified atom stereocenters. The van der Waals surface area contributed by atoms with Crippen LogP contribution in [0, 0.1) is 5.92 Å². The lowest BCUT2D eigenvalue weighted by Crippen LogP contribution is -2.46. The van der Waals surface area contributed by atoms with Crippen LogP contribution in [0.5, 0.6) is 0 Å². The highest BCUT2D eigenvalue weighted by Gasteiger charge is 2.48. The first-order valence-electron chi connectivity index (χ1n) is 6.74. The summed E-state index contributed by atoms with van der Waals surface area (Å²) >= 11 is 7.09. The number of hydrogen-bond acceptors (Lipinski definition) is 4. The Morgan fingerprint density at radius 3 is 2.80 bits per heavy atom. The van der Waals surface area contributed by atoms with Gasteiger partial charge in [-0.15, -0.1) is 11.3 Å². The summed E-state index contributed by atoms with van der Waals surface area (Å²) in [7, 11) is 0. The fourth-order valence-corrected chi connectivity index (χ4v) is 4.40. The highest BCUT2D eigenvalue weighted by Crippen LogP contribution is 2.41. The van der Waals surface area contributed by atoms with Gasteiger partial charge in [-0.2, -0.15) is 0 Å². The van der Waals surface area contributed by atoms with Crippen LogP contribution in [0.15, 0.2) is 5.51 Å². The van der Waals surface area contributed by atoms with Crippen LogP contribution >= 0.6 is 22.9 Å². The normalized spacial score (nSPS) is 29.2. The maximum absolute atomic E-state index is 12.6. The lowest BCUT2D eigenvalue weighted by atomic mass is 9.85. The number of fused-ring (bicyclic) bond motifs is 1. The maximum Gasteiger partial charge on any atom is 0.326 e. The van der Waals surface area contributed by atoms with Gasteiger partial charge in [0.1, 0.15) is 10.9 Å². The summed E-state index contributed by atoms with van der Waals surface area (Å²) in [6.45, 7) is 0. The molecule has 0 aromatic carbocycles. The number of aromatic nitrogens is 1. The number of aliphatic carboxylic acids is 1. The zero-order chi connectivity index (χ0) is 14.3. The molecular formula is C13H15ClN2O3S. The van der Waals surface area contributed by atoms with Crippen molar-refractivity contribution in [3.63, 3.8) is 0 Å². The van der Waals surface area contributed by atoms with Crippen molar-refractivity contribution in [1.82, 2.24) is 9.88 Å². The van der Waals surface area contributed by atoms with Crippen LogP contribution < -0.4 is 0 Å². The first-order chi connectivity index (χ1) is 9.59. The molecule has 3 atom stereocenters. The van der Waals surface area contributed by atoms with E-state index >= 15 is 0 Å². The van der Waals surface area contributed by atoms with E-state index in [1.807, 2.05) is 0 Å². The minimum absolute atomic E-state index is 0.0375. The van der Waals surface area contributed by atoms with E-state index < -0.39 is 12.0 Å². The van der Waals surface area contributed by atoms with Crippen LogP contribution in [0.3, 0.4) is 0 Å². The second-order valence-corrected chi connectivity index (χ2v) is 6.60. The molecule has 1 aromatic rings. The van der Waals surface area contributed by atoms with Crippen molar-refractivity contribution in [2.75, 3.05) is 0 Å². The van der Waals surface area contributed by atoms with Crippen molar-refractivity contribution in [1.29, 1.82) is 0 Å². The Labute approximate surface area is 125 Å². The van der Waals surface area contributed by atoms with Gasteiger partial charge in [-0.3, -0.25) is 4.79 Å². The number of likely N-dealkylation sites (tertiary alicyclic amines) is 1. The number of thiazole rings is 1. The average molecular weight is 315 g/mol.